The summed E-state index contributed by atoms with van der Waals surface area (Å²) >= 11 is 0. The number of rotatable bonds is 8. The van der Waals surface area contributed by atoms with Gasteiger partial charge in [-0.25, -0.2) is 14.7 Å². The van der Waals surface area contributed by atoms with Gasteiger partial charge in [0.05, 0.1) is 17.0 Å². The van der Waals surface area contributed by atoms with Gasteiger partial charge in [-0.05, 0) is 63.1 Å². The van der Waals surface area contributed by atoms with Crippen LogP contribution >= 0.6 is 0 Å². The maximum absolute atomic E-state index is 15.1. The van der Waals surface area contributed by atoms with Crippen molar-refractivity contribution in [3.05, 3.63) is 132 Å². The highest BCUT2D eigenvalue weighted by molar-refractivity contribution is 6.05. The Kier molecular flexibility index (Phi) is 6.79. The van der Waals surface area contributed by atoms with Crippen molar-refractivity contribution in [2.45, 2.75) is 19.3 Å². The van der Waals surface area contributed by atoms with Gasteiger partial charge < -0.3 is 0 Å². The summed E-state index contributed by atoms with van der Waals surface area (Å²) in [4.78, 5) is 31.3. The van der Waals surface area contributed by atoms with E-state index >= 15 is 4.79 Å². The third-order valence-corrected chi connectivity index (χ3v) is 8.16. The molecule has 210 valence electrons. The third kappa shape index (κ3) is 4.39. The van der Waals surface area contributed by atoms with Gasteiger partial charge in [0, 0.05) is 6.54 Å². The van der Waals surface area contributed by atoms with E-state index in [2.05, 4.69) is 77.0 Å². The third-order valence-electron chi connectivity index (χ3n) is 8.16. The second kappa shape index (κ2) is 11.1. The number of nitrogens with one attached hydrogen (secondary N) is 1. The summed E-state index contributed by atoms with van der Waals surface area (Å²) in [6, 6.07) is 40.9. The van der Waals surface area contributed by atoms with Gasteiger partial charge in [0.1, 0.15) is 0 Å². The molecule has 6 aromatic rings. The van der Waals surface area contributed by atoms with Gasteiger partial charge in [-0.15, -0.1) is 0 Å². The van der Waals surface area contributed by atoms with Crippen LogP contribution < -0.4 is 10.3 Å². The molecule has 1 N–H and O–H groups in total. The predicted octanol–water partition coefficient (Wildman–Crippen LogP) is 7.63. The summed E-state index contributed by atoms with van der Waals surface area (Å²) in [5, 5.41) is 4.48. The molecule has 1 aromatic heterocycles. The number of hydrogen-bond donors (Lipinski definition) is 1. The van der Waals surface area contributed by atoms with Gasteiger partial charge in [-0.3, -0.25) is 14.9 Å². The molecule has 6 heteroatoms. The van der Waals surface area contributed by atoms with Crippen LogP contribution in [0.15, 0.2) is 121 Å². The lowest BCUT2D eigenvalue weighted by Gasteiger charge is -2.29. The fourth-order valence-corrected chi connectivity index (χ4v) is 6.41. The van der Waals surface area contributed by atoms with Crippen molar-refractivity contribution in [2.24, 2.45) is 0 Å². The van der Waals surface area contributed by atoms with Crippen molar-refractivity contribution >= 4 is 29.3 Å². The van der Waals surface area contributed by atoms with Gasteiger partial charge in [0.2, 0.25) is 12.4 Å². The quantitative estimate of drug-likeness (QED) is 0.194. The van der Waals surface area contributed by atoms with Gasteiger partial charge in [0.25, 0.3) is 5.91 Å². The number of aromatic nitrogens is 2. The first-order valence-corrected chi connectivity index (χ1v) is 14.6. The minimum Gasteiger partial charge on any atom is -0.297 e. The molecule has 43 heavy (non-hydrogen) atoms. The maximum atomic E-state index is 15.1. The number of anilines is 1. The van der Waals surface area contributed by atoms with Crippen LogP contribution in [0.3, 0.4) is 0 Å². The topological polar surface area (TPSA) is 67.2 Å². The second-order valence-corrected chi connectivity index (χ2v) is 10.7. The molecule has 7 rings (SSSR count). The van der Waals surface area contributed by atoms with Crippen LogP contribution in [-0.2, 0) is 9.59 Å². The molecule has 0 aliphatic heterocycles. The summed E-state index contributed by atoms with van der Waals surface area (Å²) in [5.74, 6) is -0.315. The van der Waals surface area contributed by atoms with Crippen LogP contribution in [0.2, 0.25) is 0 Å². The number of para-hydroxylation sites is 2. The van der Waals surface area contributed by atoms with Crippen molar-refractivity contribution in [1.29, 1.82) is 0 Å². The van der Waals surface area contributed by atoms with Crippen molar-refractivity contribution in [3.63, 3.8) is 0 Å². The normalized spacial score (nSPS) is 13.4. The molecule has 1 unspecified atom stereocenters. The summed E-state index contributed by atoms with van der Waals surface area (Å²) in [6.07, 6.45) is 1.32. The maximum Gasteiger partial charge on any atom is 0.253 e. The number of benzene rings is 5. The van der Waals surface area contributed by atoms with E-state index in [9.17, 15) is 4.79 Å². The fraction of sp³-hybridized carbons (Fsp3) is 0.108. The number of fused-ring (bicyclic) bond motifs is 4. The van der Waals surface area contributed by atoms with Gasteiger partial charge >= 0.3 is 0 Å². The molecule has 1 atom stereocenters. The molecule has 0 spiro atoms. The molecular formula is C37H30N4O2. The highest BCUT2D eigenvalue weighted by Gasteiger charge is 2.39. The van der Waals surface area contributed by atoms with Crippen LogP contribution in [0.4, 0.5) is 5.95 Å². The molecule has 1 aliphatic carbocycles. The Hall–Kier alpha value is -5.49. The van der Waals surface area contributed by atoms with Crippen LogP contribution in [0.25, 0.3) is 44.4 Å². The SMILES string of the molecule is CCCN(C(=O)C1c2ccccc2-c2cccc(-c3ccccc3-c3ccccc3)c21)n1c(NC=O)nc2ccccc21. The van der Waals surface area contributed by atoms with Crippen LogP contribution in [0.1, 0.15) is 30.4 Å². The summed E-state index contributed by atoms with van der Waals surface area (Å²) < 4.78 is 1.76. The summed E-state index contributed by atoms with van der Waals surface area (Å²) in [5.41, 5.74) is 9.89. The average Bonchev–Trinajstić information content (AvgIpc) is 3.59. The molecule has 0 bridgehead atoms. The monoisotopic (exact) mass is 562 g/mol. The Morgan fingerprint density at radius 3 is 2.16 bits per heavy atom. The van der Waals surface area contributed by atoms with Gasteiger partial charge in [-0.1, -0.05) is 116 Å². The zero-order valence-electron chi connectivity index (χ0n) is 23.8. The van der Waals surface area contributed by atoms with E-state index in [1.54, 1.807) is 9.69 Å². The van der Waals surface area contributed by atoms with Crippen LogP contribution in [0, 0.1) is 0 Å². The molecule has 0 saturated heterocycles. The lowest BCUT2D eigenvalue weighted by atomic mass is 9.86. The summed E-state index contributed by atoms with van der Waals surface area (Å²) in [6.45, 7) is 2.49. The lowest BCUT2D eigenvalue weighted by molar-refractivity contribution is -0.120. The molecule has 0 saturated carbocycles. The average molecular weight is 563 g/mol. The largest absolute Gasteiger partial charge is 0.297 e. The molecule has 5 aromatic carbocycles. The fourth-order valence-electron chi connectivity index (χ4n) is 6.41. The van der Waals surface area contributed by atoms with Crippen molar-refractivity contribution in [2.75, 3.05) is 16.9 Å². The minimum absolute atomic E-state index is 0.0743. The molecular weight excluding hydrogens is 532 g/mol. The first-order valence-electron chi connectivity index (χ1n) is 14.6. The standard InChI is InChI=1S/C37H30N4O2/c1-2-23-40(41-33-22-11-10-21-32(33)39-37(41)38-24-42)36(43)35-31-18-9-8-17-28(31)30-20-12-19-29(34(30)35)27-16-7-6-15-26(27)25-13-4-3-5-14-25/h3-22,24,35H,2,23H2,1H3,(H,38,39,42). The van der Waals surface area contributed by atoms with E-state index < -0.39 is 5.92 Å². The number of imidazole rings is 1. The summed E-state index contributed by atoms with van der Waals surface area (Å²) in [7, 11) is 0. The Labute approximate surface area is 250 Å². The second-order valence-electron chi connectivity index (χ2n) is 10.7. The number of hydrogen-bond acceptors (Lipinski definition) is 3. The zero-order chi connectivity index (χ0) is 29.3. The van der Waals surface area contributed by atoms with E-state index in [-0.39, 0.29) is 5.91 Å². The van der Waals surface area contributed by atoms with Crippen molar-refractivity contribution in [3.8, 4) is 33.4 Å². The highest BCUT2D eigenvalue weighted by atomic mass is 16.2. The van der Waals surface area contributed by atoms with Crippen LogP contribution in [0.5, 0.6) is 0 Å². The van der Waals surface area contributed by atoms with Crippen molar-refractivity contribution in [1.82, 2.24) is 9.66 Å². The molecule has 0 radical (unpaired) electrons. The van der Waals surface area contributed by atoms with E-state index in [0.29, 0.717) is 24.4 Å². The molecule has 2 amide bonds. The van der Waals surface area contributed by atoms with Gasteiger partial charge in [0.15, 0.2) is 0 Å². The first kappa shape index (κ1) is 26.4. The lowest BCUT2D eigenvalue weighted by Crippen LogP contribution is -2.44. The number of carbonyl (C=O) groups excluding carboxylic acids is 2. The number of carbonyl (C=O) groups is 2. The number of amides is 2. The number of nitrogens with zero attached hydrogens (tertiary/aromatic N) is 3. The Balaban J connectivity index is 1.45. The predicted molar refractivity (Wildman–Crippen MR) is 172 cm³/mol. The molecule has 1 aliphatic rings. The van der Waals surface area contributed by atoms with E-state index in [4.69, 9.17) is 0 Å². The zero-order valence-corrected chi connectivity index (χ0v) is 23.8. The van der Waals surface area contributed by atoms with Gasteiger partial charge in [-0.2, -0.15) is 0 Å². The molecule has 6 nitrogen and oxygen atoms in total. The Morgan fingerprint density at radius 2 is 1.40 bits per heavy atom. The smallest absolute Gasteiger partial charge is 0.253 e. The van der Waals surface area contributed by atoms with Crippen LogP contribution in [-0.4, -0.2) is 28.5 Å². The first-order chi connectivity index (χ1) is 21.2. The highest BCUT2D eigenvalue weighted by Crippen LogP contribution is 2.50. The molecule has 1 heterocycles. The van der Waals surface area contributed by atoms with E-state index in [1.165, 1.54) is 0 Å². The van der Waals surface area contributed by atoms with E-state index in [0.717, 1.165) is 56.4 Å². The van der Waals surface area contributed by atoms with E-state index in [1.807, 2.05) is 61.5 Å². The Bertz CT molecular complexity index is 1980. The Morgan fingerprint density at radius 1 is 0.767 bits per heavy atom. The van der Waals surface area contributed by atoms with Crippen molar-refractivity contribution < 1.29 is 9.59 Å². The minimum atomic E-state index is -0.553. The molecule has 0 fully saturated rings.